The zero-order valence-electron chi connectivity index (χ0n) is 40.7. The van der Waals surface area contributed by atoms with E-state index in [2.05, 4.69) is 41.7 Å². The number of furan rings is 1. The third kappa shape index (κ3) is 13.1. The number of esters is 1. The van der Waals surface area contributed by atoms with Gasteiger partial charge in [0.15, 0.2) is 11.5 Å². The van der Waals surface area contributed by atoms with Crippen molar-refractivity contribution in [2.45, 2.75) is 32.6 Å². The largest absolute Gasteiger partial charge is 0.465 e. The summed E-state index contributed by atoms with van der Waals surface area (Å²) < 4.78 is 39.3. The molecule has 3 aliphatic rings. The summed E-state index contributed by atoms with van der Waals surface area (Å²) in [5.74, 6) is -2.44. The lowest BCUT2D eigenvalue weighted by Gasteiger charge is -2.31. The minimum Gasteiger partial charge on any atom is -0.465 e. The van der Waals surface area contributed by atoms with E-state index in [-0.39, 0.29) is 81.5 Å². The van der Waals surface area contributed by atoms with Crippen LogP contribution in [0.2, 0.25) is 0 Å². The minimum atomic E-state index is -0.563. The molecule has 3 aliphatic heterocycles. The van der Waals surface area contributed by atoms with Crippen LogP contribution in [0.1, 0.15) is 63.4 Å². The molecule has 72 heavy (non-hydrogen) atoms. The van der Waals surface area contributed by atoms with E-state index in [1.165, 1.54) is 19.3 Å². The van der Waals surface area contributed by atoms with Crippen LogP contribution in [0.4, 0.5) is 10.5 Å². The summed E-state index contributed by atoms with van der Waals surface area (Å²) >= 11 is 3.63. The average Bonchev–Trinajstić information content (AvgIpc) is 4.15. The van der Waals surface area contributed by atoms with Crippen LogP contribution in [0.3, 0.4) is 0 Å². The number of methoxy groups -OCH3 is 1. The molecule has 7 rings (SSSR count). The summed E-state index contributed by atoms with van der Waals surface area (Å²) in [6, 6.07) is 8.63. The van der Waals surface area contributed by atoms with Crippen molar-refractivity contribution in [2.75, 3.05) is 123 Å². The number of rotatable bonds is 24. The van der Waals surface area contributed by atoms with Crippen molar-refractivity contribution in [3.05, 3.63) is 70.6 Å². The number of benzene rings is 2. The Hall–Kier alpha value is -6.50. The number of nitrogens with zero attached hydrogens (tertiary/aromatic N) is 5. The van der Waals surface area contributed by atoms with Crippen LogP contribution >= 0.6 is 15.9 Å². The Kier molecular flexibility index (Phi) is 18.7. The molecule has 0 aliphatic carbocycles. The molecule has 1 fully saturated rings. The molecule has 22 nitrogen and oxygen atoms in total. The zero-order chi connectivity index (χ0) is 51.3. The fraction of sp³-hybridized carbons (Fsp3) is 0.469. The molecule has 2 aromatic carbocycles. The van der Waals surface area contributed by atoms with Crippen molar-refractivity contribution < 1.29 is 66.4 Å². The van der Waals surface area contributed by atoms with Crippen molar-refractivity contribution in [3.63, 3.8) is 0 Å². The Morgan fingerprint density at radius 3 is 2.19 bits per heavy atom. The van der Waals surface area contributed by atoms with Gasteiger partial charge in [0.25, 0.3) is 17.7 Å². The first-order valence-corrected chi connectivity index (χ1v) is 24.7. The molecular formula is C49H59BrN8O14. The first-order chi connectivity index (χ1) is 34.8. The van der Waals surface area contributed by atoms with Gasteiger partial charge in [0, 0.05) is 98.2 Å². The number of piperazine rings is 1. The van der Waals surface area contributed by atoms with Gasteiger partial charge in [-0.3, -0.25) is 28.9 Å². The Morgan fingerprint density at radius 1 is 0.861 bits per heavy atom. The second kappa shape index (κ2) is 25.2. The molecule has 6 amide bonds. The van der Waals surface area contributed by atoms with Gasteiger partial charge in [0.2, 0.25) is 11.8 Å². The topological polar surface area (TPSA) is 253 Å². The van der Waals surface area contributed by atoms with Crippen LogP contribution in [0, 0.1) is 6.92 Å². The van der Waals surface area contributed by atoms with E-state index in [1.54, 1.807) is 47.9 Å². The van der Waals surface area contributed by atoms with Gasteiger partial charge >= 0.3 is 12.1 Å². The number of aryl methyl sites for hydroxylation is 1. The van der Waals surface area contributed by atoms with E-state index in [1.807, 2.05) is 13.1 Å². The maximum atomic E-state index is 14.4. The minimum absolute atomic E-state index is 0.0183. The Bertz CT molecular complexity index is 2710. The molecule has 1 atom stereocenters. The molecule has 3 N–H and O–H groups in total. The maximum Gasteiger partial charge on any atom is 0.415 e. The number of hydrogen-bond acceptors (Lipinski definition) is 16. The predicted molar refractivity (Wildman–Crippen MR) is 266 cm³/mol. The fourth-order valence-corrected chi connectivity index (χ4v) is 8.88. The van der Waals surface area contributed by atoms with Gasteiger partial charge in [-0.05, 0) is 56.3 Å². The van der Waals surface area contributed by atoms with Crippen LogP contribution in [0.25, 0.3) is 21.9 Å². The number of nitrogens with one attached hydrogen (secondary N) is 3. The quantitative estimate of drug-likeness (QED) is 0.0226. The second-order valence-corrected chi connectivity index (χ2v) is 17.8. The summed E-state index contributed by atoms with van der Waals surface area (Å²) in [6.07, 6.45) is 1.91. The number of ether oxygens (including phenoxy) is 6. The molecule has 2 aromatic heterocycles. The van der Waals surface area contributed by atoms with Gasteiger partial charge in [-0.15, -0.1) is 0 Å². The highest BCUT2D eigenvalue weighted by Crippen LogP contribution is 2.48. The highest BCUT2D eigenvalue weighted by atomic mass is 79.9. The van der Waals surface area contributed by atoms with Crippen LogP contribution < -0.4 is 20.4 Å². The predicted octanol–water partition coefficient (Wildman–Crippen LogP) is 3.62. The number of aromatic nitrogens is 1. The highest BCUT2D eigenvalue weighted by Gasteiger charge is 2.39. The molecule has 0 bridgehead atoms. The standard InChI is InChI=1S/C49H59BrN8O14/c1-30(53-54-40(60)10-17-67-19-21-69-23-24-70-22-20-68-18-11-51-39(59)9-12-57-41(61)7-8-42(57)62)32-5-6-36-33(25-32)26-38(71-36)47(63)58-29-34(28-50)44-35(58)27-37(72-49(65)56-15-13-55(3)14-16-56)46-45(44)43(31(2)52-46)48(64)66-4/h5-8,25-27,34,52H,9-24,28-29H2,1-4H3,(H,51,59)(H,54,60)/b53-30+/t34-/m1/s1. The van der Waals surface area contributed by atoms with E-state index < -0.39 is 29.8 Å². The fourth-order valence-electron chi connectivity index (χ4n) is 8.35. The summed E-state index contributed by atoms with van der Waals surface area (Å²) in [7, 11) is 3.29. The lowest BCUT2D eigenvalue weighted by Crippen LogP contribution is -2.48. The van der Waals surface area contributed by atoms with E-state index >= 15 is 0 Å². The number of likely N-dealkylation sites (N-methyl/N-ethyl adjacent to an activating group) is 1. The number of halogens is 1. The molecule has 4 aromatic rings. The number of H-pyrrole nitrogens is 1. The number of alkyl halides is 1. The molecule has 386 valence electrons. The third-order valence-corrected chi connectivity index (χ3v) is 13.0. The zero-order valence-corrected chi connectivity index (χ0v) is 42.3. The first kappa shape index (κ1) is 53.3. The molecular weight excluding hydrogens is 1000 g/mol. The summed E-state index contributed by atoms with van der Waals surface area (Å²) in [4.78, 5) is 98.3. The maximum absolute atomic E-state index is 14.4. The van der Waals surface area contributed by atoms with E-state index in [9.17, 15) is 33.6 Å². The van der Waals surface area contributed by atoms with Crippen molar-refractivity contribution in [3.8, 4) is 5.75 Å². The normalized spacial score (nSPS) is 16.0. The number of anilines is 1. The number of carbonyl (C=O) groups is 7. The number of aromatic amines is 1. The molecule has 0 radical (unpaired) electrons. The first-order valence-electron chi connectivity index (χ1n) is 23.6. The molecule has 0 unspecified atom stereocenters. The third-order valence-electron chi connectivity index (χ3n) is 12.2. The van der Waals surface area contributed by atoms with Gasteiger partial charge < -0.3 is 57.8 Å². The molecule has 0 saturated carbocycles. The number of carbonyl (C=O) groups excluding carboxylic acids is 7. The van der Waals surface area contributed by atoms with E-state index in [4.69, 9.17) is 32.8 Å². The monoisotopic (exact) mass is 1060 g/mol. The lowest BCUT2D eigenvalue weighted by molar-refractivity contribution is -0.137. The molecule has 0 spiro atoms. The van der Waals surface area contributed by atoms with Crippen LogP contribution in [0.15, 0.2) is 52.0 Å². The summed E-state index contributed by atoms with van der Waals surface area (Å²) in [5.41, 5.74) is 6.73. The van der Waals surface area contributed by atoms with Gasteiger partial charge in [-0.2, -0.15) is 5.10 Å². The van der Waals surface area contributed by atoms with Gasteiger partial charge in [-0.1, -0.05) is 15.9 Å². The smallest absolute Gasteiger partial charge is 0.415 e. The molecule has 1 saturated heterocycles. The van der Waals surface area contributed by atoms with Gasteiger partial charge in [-0.25, -0.2) is 15.0 Å². The number of fused-ring (bicyclic) bond motifs is 4. The van der Waals surface area contributed by atoms with Crippen LogP contribution in [-0.2, 0) is 42.9 Å². The lowest BCUT2D eigenvalue weighted by atomic mass is 9.95. The van der Waals surface area contributed by atoms with E-state index in [0.717, 1.165) is 10.5 Å². The van der Waals surface area contributed by atoms with Crippen molar-refractivity contribution in [1.82, 2.24) is 30.4 Å². The second-order valence-electron chi connectivity index (χ2n) is 17.2. The van der Waals surface area contributed by atoms with Gasteiger partial charge in [0.05, 0.1) is 88.9 Å². The van der Waals surface area contributed by atoms with Crippen molar-refractivity contribution in [2.24, 2.45) is 5.10 Å². The van der Waals surface area contributed by atoms with E-state index in [0.29, 0.717) is 115 Å². The van der Waals surface area contributed by atoms with Crippen molar-refractivity contribution >= 4 is 90.8 Å². The number of hydrogen-bond donors (Lipinski definition) is 3. The summed E-state index contributed by atoms with van der Waals surface area (Å²) in [5, 5.41) is 8.56. The molecule has 23 heteroatoms. The average molecular weight is 1060 g/mol. The van der Waals surface area contributed by atoms with Crippen LogP contribution in [-0.4, -0.2) is 185 Å². The Balaban J connectivity index is 0.838. The number of hydrazone groups is 1. The summed E-state index contributed by atoms with van der Waals surface area (Å²) in [6.45, 7) is 8.83. The number of amides is 6. The van der Waals surface area contributed by atoms with Crippen molar-refractivity contribution in [1.29, 1.82) is 0 Å². The number of imide groups is 1. The van der Waals surface area contributed by atoms with Gasteiger partial charge in [0.1, 0.15) is 5.58 Å². The highest BCUT2D eigenvalue weighted by molar-refractivity contribution is 9.09. The Labute approximate surface area is 423 Å². The molecule has 5 heterocycles. The SMILES string of the molecule is COC(=O)c1c(C)[nH]c2c(OC(=O)N3CCN(C)CC3)cc3c(c12)[C@H](CBr)CN3C(=O)c1cc2cc(/C(C)=N/NC(=O)CCOCCOCCOCCOCCNC(=O)CCN3C(=O)C=CC3=O)ccc2o1. The Morgan fingerprint density at radius 2 is 1.53 bits per heavy atom. The van der Waals surface area contributed by atoms with Crippen LogP contribution in [0.5, 0.6) is 5.75 Å².